The first-order chi connectivity index (χ1) is 3.91. The van der Waals surface area contributed by atoms with Gasteiger partial charge in [-0.05, 0) is 12.8 Å². The first-order valence-electron chi connectivity index (χ1n) is 3.02. The Kier molecular flexibility index (Phi) is 43.1. The maximum absolute atomic E-state index is 6.46. The van der Waals surface area contributed by atoms with E-state index in [1.165, 1.54) is 6.42 Å². The summed E-state index contributed by atoms with van der Waals surface area (Å²) < 4.78 is 0. The van der Waals surface area contributed by atoms with Gasteiger partial charge in [-0.25, -0.2) is 0 Å². The Bertz CT molecular complexity index is 52.1. The number of rotatable bonds is 2. The molecule has 1 heteroatoms. The van der Waals surface area contributed by atoms with E-state index in [9.17, 15) is 0 Å². The van der Waals surface area contributed by atoms with Crippen LogP contribution in [0.3, 0.4) is 0 Å². The Morgan fingerprint density at radius 3 is 2.00 bits per heavy atom. The van der Waals surface area contributed by atoms with Crippen molar-refractivity contribution in [1.82, 2.24) is 0 Å². The Morgan fingerprint density at radius 2 is 1.89 bits per heavy atom. The van der Waals surface area contributed by atoms with E-state index in [1.807, 2.05) is 0 Å². The summed E-state index contributed by atoms with van der Waals surface area (Å²) in [6.07, 6.45) is 9.57. The van der Waals surface area contributed by atoms with Gasteiger partial charge in [0.25, 0.3) is 0 Å². The van der Waals surface area contributed by atoms with E-state index in [0.29, 0.717) is 0 Å². The average Bonchev–Trinajstić information content (AvgIpc) is 1.88. The van der Waals surface area contributed by atoms with Crippen LogP contribution >= 0.6 is 0 Å². The molecule has 0 aromatic rings. The van der Waals surface area contributed by atoms with Gasteiger partial charge >= 0.3 is 19.5 Å². The predicted molar refractivity (Wildman–Crippen MR) is 37.7 cm³/mol. The second kappa shape index (κ2) is 24.1. The minimum atomic E-state index is 0. The maximum atomic E-state index is 6.46. The molecule has 0 aliphatic rings. The topological polar surface area (TPSA) is 0 Å². The van der Waals surface area contributed by atoms with Gasteiger partial charge in [0.2, 0.25) is 0 Å². The van der Waals surface area contributed by atoms with E-state index in [1.54, 1.807) is 6.92 Å². The van der Waals surface area contributed by atoms with Gasteiger partial charge in [-0.2, -0.15) is 6.92 Å². The molecule has 0 aromatic heterocycles. The smallest absolute Gasteiger partial charge is 0.694 e. The summed E-state index contributed by atoms with van der Waals surface area (Å²) in [4.78, 5) is 0. The molecule has 0 saturated carbocycles. The first-order valence-corrected chi connectivity index (χ1v) is 3.02. The molecule has 0 aliphatic heterocycles. The van der Waals surface area contributed by atoms with Crippen LogP contribution in [0.2, 0.25) is 0 Å². The predicted octanol–water partition coefficient (Wildman–Crippen LogP) is 2.60. The summed E-state index contributed by atoms with van der Waals surface area (Å²) in [5, 5.41) is 0. The number of unbranched alkanes of at least 4 members (excludes halogenated alkanes) is 2. The van der Waals surface area contributed by atoms with Crippen molar-refractivity contribution in [2.45, 2.75) is 33.1 Å². The van der Waals surface area contributed by atoms with Crippen LogP contribution in [0.1, 0.15) is 33.1 Å². The number of hydrogen-bond donors (Lipinski definition) is 0. The van der Waals surface area contributed by atoms with E-state index >= 15 is 0 Å². The molecule has 0 unspecified atom stereocenters. The third-order valence-corrected chi connectivity index (χ3v) is 0.655. The van der Waals surface area contributed by atoms with Gasteiger partial charge in [0.15, 0.2) is 0 Å². The molecule has 0 spiro atoms. The Labute approximate surface area is 72.2 Å². The molecule has 0 bridgehead atoms. The molecule has 0 atom stereocenters. The second-order valence-electron chi connectivity index (χ2n) is 1.28. The molecule has 0 aliphatic carbocycles. The Hall–Kier alpha value is 0.183. The van der Waals surface area contributed by atoms with Crippen molar-refractivity contribution in [3.05, 3.63) is 13.3 Å². The molecule has 9 heavy (non-hydrogen) atoms. The van der Waals surface area contributed by atoms with Gasteiger partial charge in [-0.1, -0.05) is 13.3 Å². The zero-order chi connectivity index (χ0) is 6.83. The van der Waals surface area contributed by atoms with Crippen molar-refractivity contribution in [3.63, 3.8) is 0 Å². The second-order valence-corrected chi connectivity index (χ2v) is 1.28. The summed E-state index contributed by atoms with van der Waals surface area (Å²) in [6.45, 7) is 7.11. The monoisotopic (exact) mass is 174 g/mol. The summed E-state index contributed by atoms with van der Waals surface area (Å²) in [5.41, 5.74) is 0. The molecular formula is C8H14Zn. The van der Waals surface area contributed by atoms with Gasteiger partial charge in [-0.3, -0.25) is 0 Å². The maximum Gasteiger partial charge on any atom is 2.00 e. The van der Waals surface area contributed by atoms with Gasteiger partial charge < -0.3 is 19.3 Å². The van der Waals surface area contributed by atoms with Crippen molar-refractivity contribution >= 4 is 0 Å². The molecule has 0 nitrogen and oxygen atoms in total. The van der Waals surface area contributed by atoms with E-state index in [0.717, 1.165) is 12.8 Å². The Morgan fingerprint density at radius 1 is 1.44 bits per heavy atom. The average molecular weight is 176 g/mol. The SMILES string of the molecule is [C-]#CCCCC.[CH2-]C.[Zn+2]. The summed E-state index contributed by atoms with van der Waals surface area (Å²) >= 11 is 0. The summed E-state index contributed by atoms with van der Waals surface area (Å²) in [7, 11) is 0. The molecule has 0 saturated heterocycles. The minimum Gasteiger partial charge on any atom is -0.694 e. The molecule has 0 amide bonds. The zero-order valence-corrected chi connectivity index (χ0v) is 9.50. The van der Waals surface area contributed by atoms with Crippen molar-refractivity contribution in [2.24, 2.45) is 0 Å². The molecule has 0 fully saturated rings. The van der Waals surface area contributed by atoms with Crippen LogP contribution in [-0.2, 0) is 19.5 Å². The van der Waals surface area contributed by atoms with E-state index in [2.05, 4.69) is 19.8 Å². The van der Waals surface area contributed by atoms with Crippen LogP contribution in [0, 0.1) is 19.3 Å². The largest absolute Gasteiger partial charge is 2.00 e. The fourth-order valence-corrected chi connectivity index (χ4v) is 0.265. The van der Waals surface area contributed by atoms with Crippen LogP contribution in [0.25, 0.3) is 0 Å². The fourth-order valence-electron chi connectivity index (χ4n) is 0.265. The molecule has 0 radical (unpaired) electrons. The molecule has 48 valence electrons. The molecular weight excluding hydrogens is 161 g/mol. The van der Waals surface area contributed by atoms with Crippen LogP contribution in [0.5, 0.6) is 0 Å². The van der Waals surface area contributed by atoms with Crippen molar-refractivity contribution < 1.29 is 19.5 Å². The number of hydrogen-bond acceptors (Lipinski definition) is 0. The quantitative estimate of drug-likeness (QED) is 0.262. The first kappa shape index (κ1) is 16.1. The minimum absolute atomic E-state index is 0. The molecule has 0 aromatic carbocycles. The van der Waals surface area contributed by atoms with Gasteiger partial charge in [0.05, 0.1) is 0 Å². The third kappa shape index (κ3) is 30.9. The third-order valence-electron chi connectivity index (χ3n) is 0.655. The van der Waals surface area contributed by atoms with Crippen LogP contribution < -0.4 is 0 Å². The zero-order valence-electron chi connectivity index (χ0n) is 6.54. The van der Waals surface area contributed by atoms with Crippen LogP contribution in [0.4, 0.5) is 0 Å². The van der Waals surface area contributed by atoms with Crippen molar-refractivity contribution in [3.8, 4) is 5.92 Å². The van der Waals surface area contributed by atoms with E-state index in [4.69, 9.17) is 6.42 Å². The standard InChI is InChI=1S/C6H9.C2H5.Zn/c1-3-5-6-4-2;1-2;/h3,5-6H2,1H3;1H2,2H3;/q2*-1;+2. The summed E-state index contributed by atoms with van der Waals surface area (Å²) in [5.74, 6) is 2.32. The van der Waals surface area contributed by atoms with E-state index in [-0.39, 0.29) is 19.5 Å². The van der Waals surface area contributed by atoms with Gasteiger partial charge in [0, 0.05) is 0 Å². The van der Waals surface area contributed by atoms with Crippen LogP contribution in [-0.4, -0.2) is 0 Å². The van der Waals surface area contributed by atoms with Gasteiger partial charge in [-0.15, -0.1) is 0 Å². The molecule has 0 rings (SSSR count). The van der Waals surface area contributed by atoms with Gasteiger partial charge in [0.1, 0.15) is 0 Å². The fraction of sp³-hybridized carbons (Fsp3) is 0.625. The van der Waals surface area contributed by atoms with Crippen LogP contribution in [0.15, 0.2) is 0 Å². The molecule has 0 N–H and O–H groups in total. The molecule has 0 heterocycles. The normalized spacial score (nSPS) is 5.56. The Balaban J connectivity index is -0.000000109. The van der Waals surface area contributed by atoms with Crippen molar-refractivity contribution in [2.75, 3.05) is 0 Å². The van der Waals surface area contributed by atoms with E-state index < -0.39 is 0 Å². The summed E-state index contributed by atoms with van der Waals surface area (Å²) in [6, 6.07) is 0. The van der Waals surface area contributed by atoms with Crippen molar-refractivity contribution in [1.29, 1.82) is 0 Å².